The molecule has 0 spiro atoms. The minimum Gasteiger partial charge on any atom is -0.495 e. The van der Waals surface area contributed by atoms with Crippen molar-refractivity contribution in [1.29, 1.82) is 0 Å². The average molecular weight is 392 g/mol. The molecule has 0 saturated heterocycles. The average Bonchev–Trinajstić information content (AvgIpc) is 2.66. The molecular weight excluding hydrogens is 374 g/mol. The van der Waals surface area contributed by atoms with Crippen LogP contribution in [0.1, 0.15) is 26.3 Å². The summed E-state index contributed by atoms with van der Waals surface area (Å²) in [5.41, 5.74) is 0.965. The molecule has 0 aromatic heterocycles. The van der Waals surface area contributed by atoms with Crippen LogP contribution in [0.3, 0.4) is 0 Å². The number of benzene rings is 2. The summed E-state index contributed by atoms with van der Waals surface area (Å²) < 4.78 is 9.67. The number of rotatable bonds is 7. The van der Waals surface area contributed by atoms with Crippen LogP contribution in [-0.2, 0) is 16.0 Å². The number of halogens is 1. The van der Waals surface area contributed by atoms with Crippen LogP contribution in [0.15, 0.2) is 42.5 Å². The Labute approximate surface area is 160 Å². The third-order valence-electron chi connectivity index (χ3n) is 3.81. The fourth-order valence-corrected chi connectivity index (χ4v) is 2.70. The van der Waals surface area contributed by atoms with Gasteiger partial charge in [-0.25, -0.2) is 9.59 Å². The maximum Gasteiger partial charge on any atom is 0.337 e. The van der Waals surface area contributed by atoms with Crippen molar-refractivity contribution in [3.8, 4) is 5.75 Å². The number of nitrogens with one attached hydrogen (secondary N) is 1. The first kappa shape index (κ1) is 20.3. The molecule has 7 nitrogen and oxygen atoms in total. The van der Waals surface area contributed by atoms with Gasteiger partial charge in [0.25, 0.3) is 5.91 Å². The normalized spacial score (nSPS) is 11.4. The van der Waals surface area contributed by atoms with Crippen molar-refractivity contribution < 1.29 is 29.0 Å². The van der Waals surface area contributed by atoms with E-state index >= 15 is 0 Å². The van der Waals surface area contributed by atoms with E-state index in [1.54, 1.807) is 18.2 Å². The molecule has 0 heterocycles. The summed E-state index contributed by atoms with van der Waals surface area (Å²) in [6.07, 6.45) is 0.0292. The third-order valence-corrected chi connectivity index (χ3v) is 4.10. The Morgan fingerprint density at radius 1 is 1.11 bits per heavy atom. The number of carbonyl (C=O) groups excluding carboxylic acids is 2. The Balaban J connectivity index is 2.16. The minimum absolute atomic E-state index is 0.0292. The molecule has 0 aliphatic carbocycles. The number of esters is 1. The van der Waals surface area contributed by atoms with Gasteiger partial charge in [0.1, 0.15) is 11.8 Å². The lowest BCUT2D eigenvalue weighted by molar-refractivity contribution is -0.139. The quantitative estimate of drug-likeness (QED) is 0.703. The summed E-state index contributed by atoms with van der Waals surface area (Å²) in [6, 6.07) is 9.53. The zero-order valence-corrected chi connectivity index (χ0v) is 15.4. The molecule has 2 N–H and O–H groups in total. The highest BCUT2D eigenvalue weighted by Gasteiger charge is 2.22. The SMILES string of the molecule is COC(=O)c1cccc(C(=O)N[C@@H](Cc2ccc(OC)c(Cl)c2)C(=O)O)c1. The minimum atomic E-state index is -1.19. The van der Waals surface area contributed by atoms with Gasteiger partial charge in [0.05, 0.1) is 24.8 Å². The Kier molecular flexibility index (Phi) is 6.79. The van der Waals surface area contributed by atoms with Crippen LogP contribution in [0.25, 0.3) is 0 Å². The van der Waals surface area contributed by atoms with E-state index < -0.39 is 23.9 Å². The Morgan fingerprint density at radius 3 is 2.41 bits per heavy atom. The van der Waals surface area contributed by atoms with E-state index in [0.29, 0.717) is 16.3 Å². The van der Waals surface area contributed by atoms with Crippen LogP contribution >= 0.6 is 11.6 Å². The van der Waals surface area contributed by atoms with Crippen molar-refractivity contribution in [3.63, 3.8) is 0 Å². The van der Waals surface area contributed by atoms with E-state index in [0.717, 1.165) is 0 Å². The van der Waals surface area contributed by atoms with Gasteiger partial charge in [-0.2, -0.15) is 0 Å². The molecule has 0 aliphatic rings. The van der Waals surface area contributed by atoms with Crippen LogP contribution in [0.5, 0.6) is 5.75 Å². The summed E-state index contributed by atoms with van der Waals surface area (Å²) in [5, 5.41) is 12.2. The number of carboxylic acid groups (broad SMARTS) is 1. The van der Waals surface area contributed by atoms with E-state index in [1.165, 1.54) is 38.5 Å². The van der Waals surface area contributed by atoms with Crippen molar-refractivity contribution in [3.05, 3.63) is 64.2 Å². The smallest absolute Gasteiger partial charge is 0.337 e. The molecule has 2 aromatic carbocycles. The number of hydrogen-bond acceptors (Lipinski definition) is 5. The van der Waals surface area contributed by atoms with Gasteiger partial charge < -0.3 is 19.9 Å². The standard InChI is InChI=1S/C19H18ClNO6/c1-26-16-7-6-11(8-14(16)20)9-15(18(23)24)21-17(22)12-4-3-5-13(10-12)19(25)27-2/h3-8,10,15H,9H2,1-2H3,(H,21,22)(H,23,24)/t15-/m0/s1. The zero-order chi connectivity index (χ0) is 20.0. The molecule has 0 bridgehead atoms. The lowest BCUT2D eigenvalue weighted by Gasteiger charge is -2.15. The van der Waals surface area contributed by atoms with E-state index in [9.17, 15) is 19.5 Å². The molecule has 2 aromatic rings. The third kappa shape index (κ3) is 5.21. The second kappa shape index (κ2) is 9.05. The van der Waals surface area contributed by atoms with Crippen molar-refractivity contribution in [2.75, 3.05) is 14.2 Å². The second-order valence-corrected chi connectivity index (χ2v) is 6.02. The predicted octanol–water partition coefficient (Wildman–Crippen LogP) is 2.56. The van der Waals surface area contributed by atoms with Gasteiger partial charge in [0, 0.05) is 12.0 Å². The molecule has 27 heavy (non-hydrogen) atoms. The highest BCUT2D eigenvalue weighted by molar-refractivity contribution is 6.32. The van der Waals surface area contributed by atoms with Crippen molar-refractivity contribution in [1.82, 2.24) is 5.32 Å². The molecule has 0 fully saturated rings. The van der Waals surface area contributed by atoms with Crippen LogP contribution in [0, 0.1) is 0 Å². The first-order valence-corrected chi connectivity index (χ1v) is 8.28. The van der Waals surface area contributed by atoms with E-state index in [1.807, 2.05) is 0 Å². The Hall–Kier alpha value is -3.06. The number of amides is 1. The van der Waals surface area contributed by atoms with Crippen molar-refractivity contribution in [2.45, 2.75) is 12.5 Å². The van der Waals surface area contributed by atoms with Crippen LogP contribution in [0.2, 0.25) is 5.02 Å². The van der Waals surface area contributed by atoms with Crippen molar-refractivity contribution >= 4 is 29.4 Å². The Bertz CT molecular complexity index is 867. The van der Waals surface area contributed by atoms with Gasteiger partial charge in [-0.05, 0) is 35.9 Å². The fraction of sp³-hybridized carbons (Fsp3) is 0.211. The lowest BCUT2D eigenvalue weighted by Crippen LogP contribution is -2.42. The lowest BCUT2D eigenvalue weighted by atomic mass is 10.0. The van der Waals surface area contributed by atoms with E-state index in [-0.39, 0.29) is 17.5 Å². The van der Waals surface area contributed by atoms with Gasteiger partial charge in [-0.1, -0.05) is 23.7 Å². The predicted molar refractivity (Wildman–Crippen MR) is 98.4 cm³/mol. The molecular formula is C19H18ClNO6. The molecule has 0 radical (unpaired) electrons. The van der Waals surface area contributed by atoms with Gasteiger partial charge in [0.15, 0.2) is 0 Å². The largest absolute Gasteiger partial charge is 0.495 e. The summed E-state index contributed by atoms with van der Waals surface area (Å²) in [7, 11) is 2.71. The van der Waals surface area contributed by atoms with E-state index in [2.05, 4.69) is 10.1 Å². The van der Waals surface area contributed by atoms with Gasteiger partial charge in [0.2, 0.25) is 0 Å². The Morgan fingerprint density at radius 2 is 1.81 bits per heavy atom. The molecule has 0 aliphatic heterocycles. The number of aliphatic carboxylic acids is 1. The summed E-state index contributed by atoms with van der Waals surface area (Å²) in [4.78, 5) is 35.5. The van der Waals surface area contributed by atoms with Crippen LogP contribution in [-0.4, -0.2) is 43.2 Å². The summed E-state index contributed by atoms with van der Waals surface area (Å²) >= 11 is 6.05. The monoisotopic (exact) mass is 391 g/mol. The van der Waals surface area contributed by atoms with Gasteiger partial charge in [-0.3, -0.25) is 4.79 Å². The van der Waals surface area contributed by atoms with E-state index in [4.69, 9.17) is 16.3 Å². The topological polar surface area (TPSA) is 102 Å². The fourth-order valence-electron chi connectivity index (χ4n) is 2.42. The first-order valence-electron chi connectivity index (χ1n) is 7.90. The number of carboxylic acids is 1. The number of methoxy groups -OCH3 is 2. The second-order valence-electron chi connectivity index (χ2n) is 5.61. The number of carbonyl (C=O) groups is 3. The zero-order valence-electron chi connectivity index (χ0n) is 14.7. The molecule has 142 valence electrons. The molecule has 1 atom stereocenters. The molecule has 0 unspecified atom stereocenters. The highest BCUT2D eigenvalue weighted by atomic mass is 35.5. The van der Waals surface area contributed by atoms with Gasteiger partial charge in [-0.15, -0.1) is 0 Å². The highest BCUT2D eigenvalue weighted by Crippen LogP contribution is 2.25. The maximum absolute atomic E-state index is 12.4. The molecule has 0 saturated carbocycles. The maximum atomic E-state index is 12.4. The molecule has 8 heteroatoms. The molecule has 1 amide bonds. The summed E-state index contributed by atoms with van der Waals surface area (Å²) in [6.45, 7) is 0. The number of ether oxygens (including phenoxy) is 2. The van der Waals surface area contributed by atoms with Crippen molar-refractivity contribution in [2.24, 2.45) is 0 Å². The summed E-state index contributed by atoms with van der Waals surface area (Å²) in [5.74, 6) is -1.93. The van der Waals surface area contributed by atoms with Crippen LogP contribution in [0.4, 0.5) is 0 Å². The molecule has 2 rings (SSSR count). The first-order chi connectivity index (χ1) is 12.8. The van der Waals surface area contributed by atoms with Gasteiger partial charge >= 0.3 is 11.9 Å². The number of hydrogen-bond donors (Lipinski definition) is 2. The van der Waals surface area contributed by atoms with Crippen LogP contribution < -0.4 is 10.1 Å².